The number of hydrogen-bond donors (Lipinski definition) is 3. The van der Waals surface area contributed by atoms with Crippen LogP contribution in [0.2, 0.25) is 0 Å². The Bertz CT molecular complexity index is 729. The van der Waals surface area contributed by atoms with Crippen molar-refractivity contribution in [2.24, 2.45) is 16.5 Å². The minimum absolute atomic E-state index is 0.0226. The highest BCUT2D eigenvalue weighted by Crippen LogP contribution is 2.15. The van der Waals surface area contributed by atoms with Crippen LogP contribution in [-0.2, 0) is 12.2 Å². The molecule has 0 saturated heterocycles. The van der Waals surface area contributed by atoms with Crippen LogP contribution in [0.25, 0.3) is 4.96 Å². The number of nitrogens with one attached hydrogen (secondary N) is 1. The van der Waals surface area contributed by atoms with E-state index in [0.29, 0.717) is 16.4 Å². The number of aryl methyl sites for hydroxylation is 1. The van der Waals surface area contributed by atoms with E-state index in [2.05, 4.69) is 15.1 Å². The van der Waals surface area contributed by atoms with Crippen molar-refractivity contribution in [1.29, 1.82) is 5.41 Å². The highest BCUT2D eigenvalue weighted by Gasteiger charge is 2.08. The van der Waals surface area contributed by atoms with Gasteiger partial charge in [-0.25, -0.2) is 4.98 Å². The molecule has 0 aliphatic heterocycles. The standard InChI is InChI=1S/C10H13N7OS2/c1-2-6-16-17-7(18)3-5(14-10(17)20-6)4-19-9(13)15-8(11)12/h3H,2,4H2,1H3,(H5,11,12,13,15). The first-order valence-corrected chi connectivity index (χ1v) is 7.49. The average Bonchev–Trinajstić information content (AvgIpc) is 2.79. The molecule has 0 saturated carbocycles. The zero-order valence-electron chi connectivity index (χ0n) is 10.7. The summed E-state index contributed by atoms with van der Waals surface area (Å²) in [4.78, 5) is 20.4. The quantitative estimate of drug-likeness (QED) is 0.545. The van der Waals surface area contributed by atoms with E-state index in [0.717, 1.165) is 23.2 Å². The smallest absolute Gasteiger partial charge is 0.275 e. The fraction of sp³-hybridized carbons (Fsp3) is 0.300. The van der Waals surface area contributed by atoms with Crippen LogP contribution in [0.4, 0.5) is 0 Å². The van der Waals surface area contributed by atoms with Crippen molar-refractivity contribution in [3.63, 3.8) is 0 Å². The summed E-state index contributed by atoms with van der Waals surface area (Å²) in [5.74, 6) is 0.182. The molecule has 10 heteroatoms. The Labute approximate surface area is 122 Å². The number of aliphatic imine (C=N–C) groups is 1. The lowest BCUT2D eigenvalue weighted by Gasteiger charge is -1.99. The lowest BCUT2D eigenvalue weighted by Crippen LogP contribution is -2.23. The van der Waals surface area contributed by atoms with E-state index in [9.17, 15) is 4.79 Å². The number of hydrogen-bond acceptors (Lipinski definition) is 6. The zero-order valence-corrected chi connectivity index (χ0v) is 12.3. The van der Waals surface area contributed by atoms with Crippen molar-refractivity contribution in [2.45, 2.75) is 19.1 Å². The Kier molecular flexibility index (Phi) is 4.35. The van der Waals surface area contributed by atoms with Crippen molar-refractivity contribution in [3.8, 4) is 0 Å². The van der Waals surface area contributed by atoms with Crippen LogP contribution in [0.5, 0.6) is 0 Å². The molecule has 0 aliphatic carbocycles. The zero-order chi connectivity index (χ0) is 14.7. The SMILES string of the molecule is CCc1nn2c(=O)cc(CSC(=N)N=C(N)N)nc2s1. The maximum Gasteiger partial charge on any atom is 0.275 e. The topological polar surface area (TPSA) is 136 Å². The molecule has 5 N–H and O–H groups in total. The Morgan fingerprint density at radius 2 is 2.35 bits per heavy atom. The first-order valence-electron chi connectivity index (χ1n) is 5.69. The van der Waals surface area contributed by atoms with E-state index in [1.807, 2.05) is 6.92 Å². The minimum Gasteiger partial charge on any atom is -0.370 e. The van der Waals surface area contributed by atoms with Crippen molar-refractivity contribution in [3.05, 3.63) is 27.1 Å². The molecule has 0 aliphatic rings. The van der Waals surface area contributed by atoms with Gasteiger partial charge >= 0.3 is 0 Å². The van der Waals surface area contributed by atoms with E-state index in [1.54, 1.807) is 0 Å². The lowest BCUT2D eigenvalue weighted by atomic mass is 10.4. The second kappa shape index (κ2) is 6.01. The minimum atomic E-state index is -0.227. The number of amidine groups is 1. The number of aromatic nitrogens is 3. The van der Waals surface area contributed by atoms with Gasteiger partial charge in [0.05, 0.1) is 5.69 Å². The van der Waals surface area contributed by atoms with Crippen LogP contribution in [-0.4, -0.2) is 25.7 Å². The van der Waals surface area contributed by atoms with Gasteiger partial charge in [-0.15, -0.1) is 0 Å². The largest absolute Gasteiger partial charge is 0.370 e. The van der Waals surface area contributed by atoms with E-state index >= 15 is 0 Å². The Morgan fingerprint density at radius 1 is 1.60 bits per heavy atom. The number of fused-ring (bicyclic) bond motifs is 1. The second-order valence-corrected chi connectivity index (χ2v) is 5.76. The summed E-state index contributed by atoms with van der Waals surface area (Å²) in [6, 6.07) is 1.40. The van der Waals surface area contributed by atoms with Gasteiger partial charge in [0.1, 0.15) is 5.01 Å². The first-order chi connectivity index (χ1) is 9.49. The van der Waals surface area contributed by atoms with Crippen LogP contribution < -0.4 is 17.0 Å². The van der Waals surface area contributed by atoms with Gasteiger partial charge in [0, 0.05) is 11.8 Å². The van der Waals surface area contributed by atoms with Gasteiger partial charge in [-0.3, -0.25) is 10.2 Å². The second-order valence-electron chi connectivity index (χ2n) is 3.76. The molecule has 0 spiro atoms. The molecule has 0 radical (unpaired) electrons. The monoisotopic (exact) mass is 311 g/mol. The predicted octanol–water partition coefficient (Wildman–Crippen LogP) is 0.155. The van der Waals surface area contributed by atoms with Gasteiger partial charge in [-0.05, 0) is 6.42 Å². The van der Waals surface area contributed by atoms with Crippen LogP contribution in [0.1, 0.15) is 17.6 Å². The number of thioether (sulfide) groups is 1. The average molecular weight is 311 g/mol. The summed E-state index contributed by atoms with van der Waals surface area (Å²) in [5.41, 5.74) is 10.7. The maximum absolute atomic E-state index is 11.9. The molecular weight excluding hydrogens is 298 g/mol. The summed E-state index contributed by atoms with van der Waals surface area (Å²) in [6.07, 6.45) is 0.757. The number of rotatable bonds is 3. The number of nitrogens with two attached hydrogens (primary N) is 2. The van der Waals surface area contributed by atoms with Gasteiger partial charge in [0.25, 0.3) is 5.56 Å². The van der Waals surface area contributed by atoms with Gasteiger partial charge in [-0.2, -0.15) is 14.6 Å². The van der Waals surface area contributed by atoms with E-state index < -0.39 is 0 Å². The van der Waals surface area contributed by atoms with Crippen LogP contribution in [0, 0.1) is 5.41 Å². The molecule has 0 amide bonds. The Hall–Kier alpha value is -1.94. The van der Waals surface area contributed by atoms with Gasteiger partial charge in [0.15, 0.2) is 11.1 Å². The summed E-state index contributed by atoms with van der Waals surface area (Å²) in [6.45, 7) is 1.97. The van der Waals surface area contributed by atoms with E-state index in [4.69, 9.17) is 16.9 Å². The molecule has 2 aromatic heterocycles. The van der Waals surface area contributed by atoms with Gasteiger partial charge in [-0.1, -0.05) is 30.0 Å². The molecule has 0 bridgehead atoms. The normalized spacial score (nSPS) is 10.7. The summed E-state index contributed by atoms with van der Waals surface area (Å²) in [5, 5.41) is 12.5. The van der Waals surface area contributed by atoms with E-state index in [-0.39, 0.29) is 16.7 Å². The highest BCUT2D eigenvalue weighted by molar-refractivity contribution is 8.13. The maximum atomic E-state index is 11.9. The molecule has 0 aromatic carbocycles. The third-order valence-electron chi connectivity index (χ3n) is 2.23. The van der Waals surface area contributed by atoms with Crippen molar-refractivity contribution >= 4 is 39.2 Å². The molecule has 20 heavy (non-hydrogen) atoms. The molecule has 0 fully saturated rings. The van der Waals surface area contributed by atoms with Crippen molar-refractivity contribution in [2.75, 3.05) is 0 Å². The first kappa shape index (κ1) is 14.5. The predicted molar refractivity (Wildman–Crippen MR) is 81.3 cm³/mol. The van der Waals surface area contributed by atoms with Gasteiger partial charge < -0.3 is 11.5 Å². The summed E-state index contributed by atoms with van der Waals surface area (Å²) < 4.78 is 1.29. The summed E-state index contributed by atoms with van der Waals surface area (Å²) >= 11 is 2.48. The van der Waals surface area contributed by atoms with Crippen LogP contribution in [0.15, 0.2) is 15.9 Å². The third-order valence-corrected chi connectivity index (χ3v) is 4.09. The molecule has 2 heterocycles. The van der Waals surface area contributed by atoms with Crippen molar-refractivity contribution in [1.82, 2.24) is 14.6 Å². The molecule has 106 valence electrons. The number of guanidine groups is 1. The Morgan fingerprint density at radius 3 is 3.00 bits per heavy atom. The van der Waals surface area contributed by atoms with Crippen LogP contribution in [0.3, 0.4) is 0 Å². The summed E-state index contributed by atoms with van der Waals surface area (Å²) in [7, 11) is 0. The molecule has 0 atom stereocenters. The molecule has 8 nitrogen and oxygen atoms in total. The highest BCUT2D eigenvalue weighted by atomic mass is 32.2. The lowest BCUT2D eigenvalue weighted by molar-refractivity contribution is 0.852. The van der Waals surface area contributed by atoms with Gasteiger partial charge in [0.2, 0.25) is 4.96 Å². The molecule has 0 unspecified atom stereocenters. The third kappa shape index (κ3) is 3.33. The number of nitrogens with zero attached hydrogens (tertiary/aromatic N) is 4. The van der Waals surface area contributed by atoms with Crippen molar-refractivity contribution < 1.29 is 0 Å². The van der Waals surface area contributed by atoms with E-state index in [1.165, 1.54) is 21.9 Å². The molecular formula is C10H13N7OS2. The fourth-order valence-electron chi connectivity index (χ4n) is 1.40. The Balaban J connectivity index is 2.21. The molecule has 2 aromatic rings. The fourth-order valence-corrected chi connectivity index (χ4v) is 2.86. The molecule has 2 rings (SSSR count). The van der Waals surface area contributed by atoms with Crippen LogP contribution >= 0.6 is 23.1 Å².